The van der Waals surface area contributed by atoms with Gasteiger partial charge in [-0.15, -0.1) is 0 Å². The van der Waals surface area contributed by atoms with Gasteiger partial charge in [0.05, 0.1) is 7.11 Å². The molecule has 0 aromatic heterocycles. The summed E-state index contributed by atoms with van der Waals surface area (Å²) in [6.45, 7) is 6.74. The Bertz CT molecular complexity index is 588. The lowest BCUT2D eigenvalue weighted by atomic mass is 9.86. The van der Waals surface area contributed by atoms with E-state index in [0.717, 1.165) is 5.56 Å². The molecule has 1 saturated heterocycles. The van der Waals surface area contributed by atoms with E-state index in [0.29, 0.717) is 12.5 Å². The molecule has 3 nitrogen and oxygen atoms in total. The number of alkyl halides is 1. The molecule has 23 heavy (non-hydrogen) atoms. The van der Waals surface area contributed by atoms with E-state index in [9.17, 15) is 4.79 Å². The molecule has 4 heteroatoms. The quantitative estimate of drug-likeness (QED) is 0.797. The average Bonchev–Trinajstić information content (AvgIpc) is 3.28. The first-order chi connectivity index (χ1) is 10.8. The molecule has 1 aromatic carbocycles. The fourth-order valence-electron chi connectivity index (χ4n) is 3.49. The lowest BCUT2D eigenvalue weighted by molar-refractivity contribution is -0.155. The number of hydrogen-bond donors (Lipinski definition) is 0. The van der Waals surface area contributed by atoms with Gasteiger partial charge in [-0.3, -0.25) is 4.90 Å². The van der Waals surface area contributed by atoms with Crippen molar-refractivity contribution < 1.29 is 13.9 Å². The highest BCUT2D eigenvalue weighted by Crippen LogP contribution is 2.44. The van der Waals surface area contributed by atoms with E-state index in [1.54, 1.807) is 0 Å². The molecule has 2 fully saturated rings. The Morgan fingerprint density at radius 2 is 1.78 bits per heavy atom. The first-order valence-corrected chi connectivity index (χ1v) is 8.38. The molecule has 1 saturated carbocycles. The first-order valence-electron chi connectivity index (χ1n) is 8.38. The van der Waals surface area contributed by atoms with Crippen LogP contribution in [-0.4, -0.2) is 42.3 Å². The second kappa shape index (κ2) is 5.59. The molecule has 126 valence electrons. The second-order valence-electron chi connectivity index (χ2n) is 7.90. The van der Waals surface area contributed by atoms with Gasteiger partial charge in [0.15, 0.2) is 0 Å². The molecule has 0 spiro atoms. The number of likely N-dealkylation sites (tertiary alicyclic amines) is 1. The number of carbonyl (C=O) groups is 1. The molecule has 1 aliphatic heterocycles. The van der Waals surface area contributed by atoms with Gasteiger partial charge in [0, 0.05) is 24.5 Å². The average molecular weight is 319 g/mol. The van der Waals surface area contributed by atoms with Crippen LogP contribution in [0.4, 0.5) is 4.39 Å². The minimum absolute atomic E-state index is 0.0816. The van der Waals surface area contributed by atoms with Gasteiger partial charge in [-0.05, 0) is 50.7 Å². The van der Waals surface area contributed by atoms with Crippen LogP contribution in [0.2, 0.25) is 0 Å². The maximum Gasteiger partial charge on any atom is 0.345 e. The fourth-order valence-corrected chi connectivity index (χ4v) is 3.49. The number of rotatable bonds is 3. The smallest absolute Gasteiger partial charge is 0.345 e. The van der Waals surface area contributed by atoms with E-state index in [1.807, 2.05) is 37.8 Å². The third kappa shape index (κ3) is 3.01. The van der Waals surface area contributed by atoms with E-state index >= 15 is 4.39 Å². The Hall–Kier alpha value is -1.42. The Morgan fingerprint density at radius 1 is 1.22 bits per heavy atom. The highest BCUT2D eigenvalue weighted by Gasteiger charge is 2.56. The summed E-state index contributed by atoms with van der Waals surface area (Å²) >= 11 is 0. The lowest BCUT2D eigenvalue weighted by Gasteiger charge is -2.31. The zero-order chi connectivity index (χ0) is 16.8. The van der Waals surface area contributed by atoms with Crippen molar-refractivity contribution in [1.82, 2.24) is 4.90 Å². The van der Waals surface area contributed by atoms with Crippen LogP contribution in [0.25, 0.3) is 0 Å². The van der Waals surface area contributed by atoms with E-state index in [4.69, 9.17) is 4.74 Å². The topological polar surface area (TPSA) is 29.5 Å². The largest absolute Gasteiger partial charge is 0.467 e. The Balaban J connectivity index is 1.91. The summed E-state index contributed by atoms with van der Waals surface area (Å²) in [6.07, 6.45) is 2.49. The molecule has 0 amide bonds. The summed E-state index contributed by atoms with van der Waals surface area (Å²) in [7, 11) is 1.26. The molecule has 0 bridgehead atoms. The number of benzene rings is 1. The number of ether oxygens (including phenoxy) is 1. The van der Waals surface area contributed by atoms with Crippen LogP contribution in [0, 0.1) is 0 Å². The van der Waals surface area contributed by atoms with Crippen LogP contribution in [0.1, 0.15) is 56.6 Å². The van der Waals surface area contributed by atoms with Crippen molar-refractivity contribution in [1.29, 1.82) is 0 Å². The van der Waals surface area contributed by atoms with Gasteiger partial charge < -0.3 is 4.74 Å². The number of esters is 1. The molecule has 1 heterocycles. The van der Waals surface area contributed by atoms with Crippen LogP contribution < -0.4 is 0 Å². The number of carbonyl (C=O) groups excluding carboxylic acids is 1. The minimum atomic E-state index is -1.98. The Labute approximate surface area is 137 Å². The van der Waals surface area contributed by atoms with Gasteiger partial charge >= 0.3 is 5.97 Å². The maximum absolute atomic E-state index is 15.6. The predicted molar refractivity (Wildman–Crippen MR) is 88.3 cm³/mol. The van der Waals surface area contributed by atoms with Gasteiger partial charge in [0.2, 0.25) is 5.67 Å². The first kappa shape index (κ1) is 16.4. The van der Waals surface area contributed by atoms with Gasteiger partial charge in [-0.2, -0.15) is 0 Å². The summed E-state index contributed by atoms with van der Waals surface area (Å²) in [4.78, 5) is 14.2. The summed E-state index contributed by atoms with van der Waals surface area (Å²) in [5.74, 6) is -0.572. The molecule has 0 radical (unpaired) electrons. The molecule has 1 aliphatic carbocycles. The van der Waals surface area contributed by atoms with Gasteiger partial charge in [0.1, 0.15) is 0 Å². The summed E-state index contributed by atoms with van der Waals surface area (Å²) in [6, 6.07) is 8.15. The number of hydrogen-bond acceptors (Lipinski definition) is 3. The van der Waals surface area contributed by atoms with Crippen molar-refractivity contribution in [2.45, 2.75) is 56.7 Å². The molecular formula is C19H26FNO2. The van der Waals surface area contributed by atoms with Crippen LogP contribution in [0.3, 0.4) is 0 Å². The van der Waals surface area contributed by atoms with Crippen LogP contribution >= 0.6 is 0 Å². The monoisotopic (exact) mass is 319 g/mol. The third-order valence-corrected chi connectivity index (χ3v) is 5.24. The van der Waals surface area contributed by atoms with Crippen molar-refractivity contribution in [3.8, 4) is 0 Å². The lowest BCUT2D eigenvalue weighted by Crippen LogP contribution is -2.45. The predicted octanol–water partition coefficient (Wildman–Crippen LogP) is 3.64. The van der Waals surface area contributed by atoms with Gasteiger partial charge in [0.25, 0.3) is 0 Å². The molecule has 0 N–H and O–H groups in total. The summed E-state index contributed by atoms with van der Waals surface area (Å²) in [5.41, 5.74) is 0.0352. The third-order valence-electron chi connectivity index (χ3n) is 5.24. The minimum Gasteiger partial charge on any atom is -0.467 e. The van der Waals surface area contributed by atoms with E-state index in [2.05, 4.69) is 12.1 Å². The number of halogens is 1. The standard InChI is InChI=1S/C19H26FNO2/c1-18(2,3)21-11-16(19(20,12-21)17(22)23-4)15-9-7-14(8-10-15)13-5-6-13/h7-10,13,16H,5-6,11-12H2,1-4H3/t16-,19-/m0/s1. The highest BCUT2D eigenvalue weighted by atomic mass is 19.1. The Morgan fingerprint density at radius 3 is 2.26 bits per heavy atom. The van der Waals surface area contributed by atoms with Gasteiger partial charge in [-0.25, -0.2) is 9.18 Å². The SMILES string of the molecule is COC(=O)[C@]1(F)CN(C(C)(C)C)C[C@H]1c1ccc(C2CC2)cc1. The molecule has 2 aliphatic rings. The second-order valence-corrected chi connectivity index (χ2v) is 7.90. The maximum atomic E-state index is 15.6. The van der Waals surface area contributed by atoms with Crippen molar-refractivity contribution in [3.63, 3.8) is 0 Å². The molecule has 1 aromatic rings. The van der Waals surface area contributed by atoms with Crippen molar-refractivity contribution in [2.75, 3.05) is 20.2 Å². The summed E-state index contributed by atoms with van der Waals surface area (Å²) < 4.78 is 20.4. The number of methoxy groups -OCH3 is 1. The van der Waals surface area contributed by atoms with E-state index < -0.39 is 17.6 Å². The zero-order valence-corrected chi connectivity index (χ0v) is 14.4. The Kier molecular flexibility index (Phi) is 3.99. The van der Waals surface area contributed by atoms with Crippen LogP contribution in [0.15, 0.2) is 24.3 Å². The van der Waals surface area contributed by atoms with Crippen molar-refractivity contribution >= 4 is 5.97 Å². The zero-order valence-electron chi connectivity index (χ0n) is 14.4. The molecule has 0 unspecified atom stereocenters. The van der Waals surface area contributed by atoms with Crippen molar-refractivity contribution in [2.24, 2.45) is 0 Å². The molecular weight excluding hydrogens is 293 g/mol. The van der Waals surface area contributed by atoms with Crippen LogP contribution in [0.5, 0.6) is 0 Å². The van der Waals surface area contributed by atoms with Gasteiger partial charge in [-0.1, -0.05) is 24.3 Å². The highest BCUT2D eigenvalue weighted by molar-refractivity contribution is 5.82. The fraction of sp³-hybridized carbons (Fsp3) is 0.632. The van der Waals surface area contributed by atoms with E-state index in [-0.39, 0.29) is 12.1 Å². The molecule has 3 rings (SSSR count). The summed E-state index contributed by atoms with van der Waals surface area (Å²) in [5, 5.41) is 0. The van der Waals surface area contributed by atoms with Crippen LogP contribution in [-0.2, 0) is 9.53 Å². The molecule has 2 atom stereocenters. The normalized spacial score (nSPS) is 28.8. The van der Waals surface area contributed by atoms with Crippen molar-refractivity contribution in [3.05, 3.63) is 35.4 Å². The number of nitrogens with zero attached hydrogens (tertiary/aromatic N) is 1. The van der Waals surface area contributed by atoms with E-state index in [1.165, 1.54) is 25.5 Å².